The molecule has 0 spiro atoms. The minimum absolute atomic E-state index is 0.145. The first kappa shape index (κ1) is 19.1. The monoisotopic (exact) mass is 366 g/mol. The molecule has 0 bridgehead atoms. The van der Waals surface area contributed by atoms with E-state index in [2.05, 4.69) is 9.47 Å². The lowest BCUT2D eigenvalue weighted by atomic mass is 10.2. The van der Waals surface area contributed by atoms with Crippen molar-refractivity contribution in [2.75, 3.05) is 19.2 Å². The summed E-state index contributed by atoms with van der Waals surface area (Å²) in [5, 5.41) is 0.972. The molecule has 0 aliphatic carbocycles. The Morgan fingerprint density at radius 1 is 1.04 bits per heavy atom. The van der Waals surface area contributed by atoms with Gasteiger partial charge in [-0.05, 0) is 17.7 Å². The largest absolute Gasteiger partial charge is 0.469 e. The van der Waals surface area contributed by atoms with Crippen LogP contribution in [-0.2, 0) is 25.6 Å². The van der Waals surface area contributed by atoms with Gasteiger partial charge in [-0.3, -0.25) is 9.59 Å². The van der Waals surface area contributed by atoms with Gasteiger partial charge in [-0.2, -0.15) is 0 Å². The topological polar surface area (TPSA) is 77.8 Å². The van der Waals surface area contributed by atoms with Crippen LogP contribution in [0.3, 0.4) is 0 Å². The van der Waals surface area contributed by atoms with Crippen LogP contribution in [0.4, 0.5) is 8.78 Å². The molecule has 0 N–H and O–H groups in total. The molecule has 0 atom stereocenters. The van der Waals surface area contributed by atoms with Crippen LogP contribution in [0.25, 0.3) is 0 Å². The summed E-state index contributed by atoms with van der Waals surface area (Å²) in [4.78, 5) is 35.8. The summed E-state index contributed by atoms with van der Waals surface area (Å²) in [7, 11) is 2.23. The number of halogens is 2. The number of methoxy groups -OCH3 is 2. The minimum atomic E-state index is -0.871. The van der Waals surface area contributed by atoms with Crippen molar-refractivity contribution in [3.05, 3.63) is 59.4 Å². The van der Waals surface area contributed by atoms with Gasteiger partial charge in [-0.15, -0.1) is 0 Å². The Hall–Kier alpha value is -3.23. The van der Waals surface area contributed by atoms with Gasteiger partial charge in [0.15, 0.2) is 5.69 Å². The Labute approximate surface area is 147 Å². The van der Waals surface area contributed by atoms with Gasteiger partial charge in [0.2, 0.25) is 0 Å². The molecular weight excluding hydrogens is 350 g/mol. The molecule has 1 aromatic heterocycles. The molecule has 0 radical (unpaired) electrons. The third-order valence-corrected chi connectivity index (χ3v) is 3.48. The molecule has 1 aromatic carbocycles. The van der Waals surface area contributed by atoms with E-state index in [1.54, 1.807) is 0 Å². The second-order valence-electron chi connectivity index (χ2n) is 5.21. The fourth-order valence-corrected chi connectivity index (χ4v) is 2.21. The average Bonchev–Trinajstić information content (AvgIpc) is 3.01. The summed E-state index contributed by atoms with van der Waals surface area (Å²) >= 11 is 0. The van der Waals surface area contributed by atoms with Crippen LogP contribution in [0.1, 0.15) is 22.5 Å². The lowest BCUT2D eigenvalue weighted by Gasteiger charge is -2.25. The second kappa shape index (κ2) is 8.24. The maximum atomic E-state index is 13.7. The molecule has 2 aromatic rings. The Balaban J connectivity index is 2.43. The van der Waals surface area contributed by atoms with Crippen LogP contribution in [0, 0.1) is 11.6 Å². The number of esters is 2. The molecule has 0 aliphatic rings. The van der Waals surface area contributed by atoms with Gasteiger partial charge < -0.3 is 9.47 Å². The van der Waals surface area contributed by atoms with Crippen LogP contribution in [-0.4, -0.2) is 36.7 Å². The smallest absolute Gasteiger partial charge is 0.356 e. The quantitative estimate of drug-likeness (QED) is 0.575. The number of hydrogen-bond acceptors (Lipinski definition) is 5. The zero-order valence-electron chi connectivity index (χ0n) is 14.1. The molecule has 0 aliphatic heterocycles. The summed E-state index contributed by atoms with van der Waals surface area (Å²) in [6.07, 6.45) is 0.281. The molecule has 0 saturated carbocycles. The van der Waals surface area contributed by atoms with E-state index in [1.807, 2.05) is 0 Å². The first-order valence-corrected chi connectivity index (χ1v) is 7.43. The predicted octanol–water partition coefficient (Wildman–Crippen LogP) is 1.78. The number of nitrogens with zero attached hydrogens (tertiary/aromatic N) is 2. The molecule has 0 fully saturated rings. The third kappa shape index (κ3) is 4.44. The average molecular weight is 366 g/mol. The number of amides is 1. The van der Waals surface area contributed by atoms with Gasteiger partial charge in [0, 0.05) is 6.07 Å². The van der Waals surface area contributed by atoms with Crippen molar-refractivity contribution in [1.29, 1.82) is 0 Å². The van der Waals surface area contributed by atoms with Gasteiger partial charge in [0.25, 0.3) is 5.91 Å². The van der Waals surface area contributed by atoms with Crippen molar-refractivity contribution in [3.8, 4) is 0 Å². The van der Waals surface area contributed by atoms with Crippen LogP contribution >= 0.6 is 0 Å². The second-order valence-corrected chi connectivity index (χ2v) is 5.21. The number of aromatic nitrogens is 1. The molecule has 0 unspecified atom stereocenters. The summed E-state index contributed by atoms with van der Waals surface area (Å²) < 4.78 is 36.8. The number of carbonyl (C=O) groups excluding carboxylic acids is 3. The van der Waals surface area contributed by atoms with E-state index >= 15 is 0 Å². The normalized spacial score (nSPS) is 10.3. The summed E-state index contributed by atoms with van der Waals surface area (Å²) in [5.74, 6) is -3.67. The van der Waals surface area contributed by atoms with E-state index in [0.29, 0.717) is 5.56 Å². The molecule has 2 rings (SSSR count). The van der Waals surface area contributed by atoms with E-state index < -0.39 is 35.9 Å². The SMILES string of the molecule is COC(=O)CC(=O)N(Cc1ccc(F)cc1)n1cc(F)cc1C(=O)OC. The predicted molar refractivity (Wildman–Crippen MR) is 85.7 cm³/mol. The van der Waals surface area contributed by atoms with Crippen molar-refractivity contribution >= 4 is 17.8 Å². The Morgan fingerprint density at radius 3 is 2.27 bits per heavy atom. The zero-order chi connectivity index (χ0) is 19.3. The number of benzene rings is 1. The first-order valence-electron chi connectivity index (χ1n) is 7.43. The van der Waals surface area contributed by atoms with Crippen molar-refractivity contribution in [1.82, 2.24) is 4.68 Å². The fourth-order valence-electron chi connectivity index (χ4n) is 2.21. The Morgan fingerprint density at radius 2 is 1.69 bits per heavy atom. The molecular formula is C17H16F2N2O5. The van der Waals surface area contributed by atoms with Crippen LogP contribution < -0.4 is 5.01 Å². The molecule has 26 heavy (non-hydrogen) atoms. The molecule has 0 saturated heterocycles. The highest BCUT2D eigenvalue weighted by Gasteiger charge is 2.25. The third-order valence-electron chi connectivity index (χ3n) is 3.48. The number of carbonyl (C=O) groups is 3. The van der Waals surface area contributed by atoms with Crippen molar-refractivity contribution in [3.63, 3.8) is 0 Å². The number of hydrogen-bond donors (Lipinski definition) is 0. The van der Waals surface area contributed by atoms with E-state index in [1.165, 1.54) is 24.3 Å². The molecule has 7 nitrogen and oxygen atoms in total. The summed E-state index contributed by atoms with van der Waals surface area (Å²) in [5.41, 5.74) is 0.250. The summed E-state index contributed by atoms with van der Waals surface area (Å²) in [6.45, 7) is -0.145. The number of ether oxygens (including phenoxy) is 2. The minimum Gasteiger partial charge on any atom is -0.469 e. The van der Waals surface area contributed by atoms with Crippen LogP contribution in [0.15, 0.2) is 36.5 Å². The highest BCUT2D eigenvalue weighted by molar-refractivity contribution is 6.00. The summed E-state index contributed by atoms with van der Waals surface area (Å²) in [6, 6.07) is 6.12. The van der Waals surface area contributed by atoms with Gasteiger partial charge in [0.1, 0.15) is 18.1 Å². The Kier molecular flexibility index (Phi) is 6.05. The van der Waals surface area contributed by atoms with Crippen molar-refractivity contribution in [2.24, 2.45) is 0 Å². The van der Waals surface area contributed by atoms with Crippen molar-refractivity contribution < 1.29 is 32.6 Å². The lowest BCUT2D eigenvalue weighted by molar-refractivity contribution is -0.143. The highest BCUT2D eigenvalue weighted by Crippen LogP contribution is 2.14. The molecule has 1 heterocycles. The van der Waals surface area contributed by atoms with E-state index in [0.717, 1.165) is 36.2 Å². The maximum Gasteiger partial charge on any atom is 0.356 e. The van der Waals surface area contributed by atoms with Crippen LogP contribution in [0.5, 0.6) is 0 Å². The standard InChI is InChI=1S/C17H16F2N2O5/c1-25-16(23)8-15(22)21(9-11-3-5-12(18)6-4-11)20-10-13(19)7-14(20)17(24)26-2/h3-7,10H,8-9H2,1-2H3. The number of rotatable bonds is 6. The lowest BCUT2D eigenvalue weighted by Crippen LogP contribution is -2.42. The van der Waals surface area contributed by atoms with Crippen LogP contribution in [0.2, 0.25) is 0 Å². The fraction of sp³-hybridized carbons (Fsp3) is 0.235. The highest BCUT2D eigenvalue weighted by atomic mass is 19.1. The van der Waals surface area contributed by atoms with Gasteiger partial charge in [-0.1, -0.05) is 12.1 Å². The van der Waals surface area contributed by atoms with Gasteiger partial charge in [0.05, 0.1) is 27.0 Å². The first-order chi connectivity index (χ1) is 12.3. The molecule has 1 amide bonds. The zero-order valence-corrected chi connectivity index (χ0v) is 14.1. The van der Waals surface area contributed by atoms with Crippen molar-refractivity contribution in [2.45, 2.75) is 13.0 Å². The van der Waals surface area contributed by atoms with E-state index in [4.69, 9.17) is 0 Å². The van der Waals surface area contributed by atoms with E-state index in [-0.39, 0.29) is 12.2 Å². The maximum absolute atomic E-state index is 13.7. The van der Waals surface area contributed by atoms with E-state index in [9.17, 15) is 23.2 Å². The molecule has 138 valence electrons. The van der Waals surface area contributed by atoms with Gasteiger partial charge >= 0.3 is 11.9 Å². The Bertz CT molecular complexity index is 817. The molecule has 9 heteroatoms. The van der Waals surface area contributed by atoms with Gasteiger partial charge in [-0.25, -0.2) is 23.3 Å².